The van der Waals surface area contributed by atoms with E-state index in [1.807, 2.05) is 0 Å². The Kier molecular flexibility index (Phi) is 8.51. The summed E-state index contributed by atoms with van der Waals surface area (Å²) in [6.45, 7) is 4.34. The molecular formula is C16H23F9O2. The summed E-state index contributed by atoms with van der Waals surface area (Å²) in [6, 6.07) is 0. The highest BCUT2D eigenvalue weighted by Gasteiger charge is 2.53. The Balaban J connectivity index is 4.57. The zero-order valence-electron chi connectivity index (χ0n) is 15.2. The van der Waals surface area contributed by atoms with Gasteiger partial charge < -0.3 is 4.74 Å². The van der Waals surface area contributed by atoms with Crippen molar-refractivity contribution < 1.29 is 49.0 Å². The van der Waals surface area contributed by atoms with Crippen molar-refractivity contribution in [1.82, 2.24) is 0 Å². The van der Waals surface area contributed by atoms with Crippen molar-refractivity contribution in [3.05, 3.63) is 0 Å². The van der Waals surface area contributed by atoms with Crippen LogP contribution >= 0.6 is 0 Å². The molecule has 0 amide bonds. The summed E-state index contributed by atoms with van der Waals surface area (Å²) < 4.78 is 121. The van der Waals surface area contributed by atoms with E-state index in [0.29, 0.717) is 6.42 Å². The second-order valence-electron chi connectivity index (χ2n) is 7.19. The van der Waals surface area contributed by atoms with Crippen molar-refractivity contribution >= 4 is 5.97 Å². The van der Waals surface area contributed by atoms with Gasteiger partial charge in [0.05, 0.1) is 24.9 Å². The van der Waals surface area contributed by atoms with Crippen LogP contribution in [0.1, 0.15) is 59.3 Å². The maximum atomic E-state index is 13.6. The van der Waals surface area contributed by atoms with Gasteiger partial charge >= 0.3 is 12.1 Å². The number of alkyl halides is 9. The minimum Gasteiger partial charge on any atom is -0.465 e. The molecule has 27 heavy (non-hydrogen) atoms. The van der Waals surface area contributed by atoms with Crippen molar-refractivity contribution in [2.45, 2.75) is 83.2 Å². The third kappa shape index (κ3) is 11.3. The Labute approximate surface area is 151 Å². The molecule has 0 fully saturated rings. The molecule has 0 atom stereocenters. The normalized spacial score (nSPS) is 14.4. The largest absolute Gasteiger partial charge is 0.465 e. The van der Waals surface area contributed by atoms with Crippen LogP contribution in [-0.4, -0.2) is 36.5 Å². The summed E-state index contributed by atoms with van der Waals surface area (Å²) in [4.78, 5) is 11.6. The molecule has 0 saturated heterocycles. The van der Waals surface area contributed by atoms with E-state index >= 15 is 0 Å². The lowest BCUT2D eigenvalue weighted by molar-refractivity contribution is -0.214. The average molecular weight is 418 g/mol. The fraction of sp³-hybridized carbons (Fsp3) is 0.938. The molecule has 0 N–H and O–H groups in total. The lowest BCUT2D eigenvalue weighted by Gasteiger charge is -2.27. The van der Waals surface area contributed by atoms with Crippen LogP contribution < -0.4 is 0 Å². The van der Waals surface area contributed by atoms with Crippen molar-refractivity contribution in [2.75, 3.05) is 6.61 Å². The van der Waals surface area contributed by atoms with Crippen LogP contribution in [0.25, 0.3) is 0 Å². The van der Waals surface area contributed by atoms with Gasteiger partial charge in [-0.15, -0.1) is 0 Å². The molecule has 0 heterocycles. The number of ether oxygens (including phenoxy) is 1. The van der Waals surface area contributed by atoms with Gasteiger partial charge in [0, 0.05) is 6.42 Å². The first-order valence-corrected chi connectivity index (χ1v) is 8.18. The summed E-state index contributed by atoms with van der Waals surface area (Å²) in [5, 5.41) is 0. The third-order valence-corrected chi connectivity index (χ3v) is 3.85. The molecular weight excluding hydrogens is 395 g/mol. The fourth-order valence-corrected chi connectivity index (χ4v) is 2.10. The minimum absolute atomic E-state index is 0.417. The van der Waals surface area contributed by atoms with Gasteiger partial charge in [0.2, 0.25) is 0 Å². The molecule has 0 saturated carbocycles. The van der Waals surface area contributed by atoms with Crippen molar-refractivity contribution in [1.29, 1.82) is 0 Å². The van der Waals surface area contributed by atoms with Crippen LogP contribution in [0.4, 0.5) is 39.5 Å². The van der Waals surface area contributed by atoms with Crippen molar-refractivity contribution in [3.8, 4) is 0 Å². The number of hydrogen-bond donors (Lipinski definition) is 0. The molecule has 2 nitrogen and oxygen atoms in total. The highest BCUT2D eigenvalue weighted by Crippen LogP contribution is 2.43. The fourth-order valence-electron chi connectivity index (χ4n) is 2.10. The van der Waals surface area contributed by atoms with Gasteiger partial charge in [-0.25, -0.2) is 26.3 Å². The lowest BCUT2D eigenvalue weighted by Crippen LogP contribution is -2.37. The molecule has 0 spiro atoms. The van der Waals surface area contributed by atoms with Gasteiger partial charge in [0.1, 0.15) is 6.42 Å². The van der Waals surface area contributed by atoms with Gasteiger partial charge in [-0.2, -0.15) is 13.2 Å². The Morgan fingerprint density at radius 3 is 1.67 bits per heavy atom. The molecule has 0 aliphatic carbocycles. The third-order valence-electron chi connectivity index (χ3n) is 3.85. The Bertz CT molecular complexity index is 485. The molecule has 162 valence electrons. The smallest absolute Gasteiger partial charge is 0.394 e. The van der Waals surface area contributed by atoms with Gasteiger partial charge in [-0.1, -0.05) is 6.92 Å². The molecule has 0 bridgehead atoms. The van der Waals surface area contributed by atoms with Crippen LogP contribution in [0.2, 0.25) is 0 Å². The number of esters is 1. The van der Waals surface area contributed by atoms with E-state index < -0.39 is 74.0 Å². The number of hydrogen-bond acceptors (Lipinski definition) is 2. The molecule has 0 rings (SSSR count). The summed E-state index contributed by atoms with van der Waals surface area (Å²) in [5.74, 6) is -14.3. The Morgan fingerprint density at radius 2 is 1.22 bits per heavy atom. The van der Waals surface area contributed by atoms with Crippen LogP contribution in [0.15, 0.2) is 0 Å². The minimum atomic E-state index is -5.40. The standard InChI is InChI=1S/C16H23F9O2/c1-4-12(2,3)11(26)27-7-5-6-13(17,18)8-14(19,20)9-15(21,22)10-16(23,24)25/h4-10H2,1-3H3. The van der Waals surface area contributed by atoms with Crippen molar-refractivity contribution in [2.24, 2.45) is 5.41 Å². The lowest BCUT2D eigenvalue weighted by atomic mass is 9.91. The first-order chi connectivity index (χ1) is 11.8. The monoisotopic (exact) mass is 418 g/mol. The van der Waals surface area contributed by atoms with Crippen LogP contribution in [0.3, 0.4) is 0 Å². The average Bonchev–Trinajstić information content (AvgIpc) is 2.37. The molecule has 0 aromatic rings. The molecule has 0 unspecified atom stereocenters. The van der Waals surface area contributed by atoms with Crippen LogP contribution in [0.5, 0.6) is 0 Å². The summed E-state index contributed by atoms with van der Waals surface area (Å²) in [6.07, 6.45) is -14.4. The first-order valence-electron chi connectivity index (χ1n) is 8.18. The van der Waals surface area contributed by atoms with E-state index in [0.717, 1.165) is 0 Å². The highest BCUT2D eigenvalue weighted by atomic mass is 19.4. The van der Waals surface area contributed by atoms with E-state index in [-0.39, 0.29) is 0 Å². The predicted octanol–water partition coefficient (Wildman–Crippen LogP) is 6.38. The molecule has 0 aromatic carbocycles. The van der Waals surface area contributed by atoms with Gasteiger partial charge in [-0.05, 0) is 26.7 Å². The molecule has 11 heteroatoms. The van der Waals surface area contributed by atoms with E-state index in [2.05, 4.69) is 0 Å². The maximum absolute atomic E-state index is 13.6. The summed E-state index contributed by atoms with van der Waals surface area (Å²) in [5.41, 5.74) is -0.848. The summed E-state index contributed by atoms with van der Waals surface area (Å²) in [7, 11) is 0. The number of rotatable bonds is 11. The quantitative estimate of drug-likeness (QED) is 0.221. The highest BCUT2D eigenvalue weighted by molar-refractivity contribution is 5.75. The zero-order chi connectivity index (χ0) is 21.7. The Morgan fingerprint density at radius 1 is 0.778 bits per heavy atom. The van der Waals surface area contributed by atoms with Crippen molar-refractivity contribution in [3.63, 3.8) is 0 Å². The summed E-state index contributed by atoms with van der Waals surface area (Å²) >= 11 is 0. The molecule has 0 aromatic heterocycles. The van der Waals surface area contributed by atoms with E-state index in [4.69, 9.17) is 4.74 Å². The van der Waals surface area contributed by atoms with Gasteiger partial charge in [0.25, 0.3) is 17.8 Å². The van der Waals surface area contributed by atoms with E-state index in [9.17, 15) is 44.3 Å². The molecule has 0 aliphatic rings. The number of carbonyl (C=O) groups is 1. The zero-order valence-corrected chi connectivity index (χ0v) is 15.2. The second kappa shape index (κ2) is 8.89. The molecule has 0 aliphatic heterocycles. The molecule has 0 radical (unpaired) electrons. The maximum Gasteiger partial charge on any atom is 0.394 e. The number of carbonyl (C=O) groups excluding carboxylic acids is 1. The Hall–Kier alpha value is -1.16. The van der Waals surface area contributed by atoms with Gasteiger partial charge in [0.15, 0.2) is 0 Å². The second-order valence-corrected chi connectivity index (χ2v) is 7.19. The van der Waals surface area contributed by atoms with Crippen LogP contribution in [0, 0.1) is 5.41 Å². The number of halogens is 9. The predicted molar refractivity (Wildman–Crippen MR) is 79.0 cm³/mol. The van der Waals surface area contributed by atoms with Crippen LogP contribution in [-0.2, 0) is 9.53 Å². The van der Waals surface area contributed by atoms with E-state index in [1.165, 1.54) is 0 Å². The van der Waals surface area contributed by atoms with Gasteiger partial charge in [-0.3, -0.25) is 4.79 Å². The topological polar surface area (TPSA) is 26.3 Å². The van der Waals surface area contributed by atoms with E-state index in [1.54, 1.807) is 20.8 Å². The SMILES string of the molecule is CCC(C)(C)C(=O)OCCCC(F)(F)CC(F)(F)CC(F)(F)CC(F)(F)F. The first kappa shape index (κ1) is 25.8.